The molecule has 28 heavy (non-hydrogen) atoms. The van der Waals surface area contributed by atoms with Crippen LogP contribution in [-0.2, 0) is 11.3 Å². The summed E-state index contributed by atoms with van der Waals surface area (Å²) in [7, 11) is 0. The predicted molar refractivity (Wildman–Crippen MR) is 101 cm³/mol. The van der Waals surface area contributed by atoms with E-state index < -0.39 is 11.6 Å². The Morgan fingerprint density at radius 2 is 1.71 bits per heavy atom. The summed E-state index contributed by atoms with van der Waals surface area (Å²) in [4.78, 5) is 16.3. The van der Waals surface area contributed by atoms with Crippen molar-refractivity contribution in [2.45, 2.75) is 13.5 Å². The van der Waals surface area contributed by atoms with Gasteiger partial charge < -0.3 is 14.4 Å². The summed E-state index contributed by atoms with van der Waals surface area (Å²) in [5, 5.41) is 0. The molecule has 0 spiro atoms. The molecule has 5 nitrogen and oxygen atoms in total. The van der Waals surface area contributed by atoms with Crippen molar-refractivity contribution in [1.82, 2.24) is 9.80 Å². The zero-order chi connectivity index (χ0) is 19.9. The zero-order valence-corrected chi connectivity index (χ0v) is 15.9. The average molecular weight is 390 g/mol. The molecule has 0 aromatic heterocycles. The number of hydrogen-bond donors (Lipinski definition) is 0. The fourth-order valence-corrected chi connectivity index (χ4v) is 3.09. The van der Waals surface area contributed by atoms with Crippen LogP contribution in [0, 0.1) is 11.6 Å². The molecule has 1 saturated heterocycles. The minimum Gasteiger partial charge on any atom is -0.494 e. The second-order valence-electron chi connectivity index (χ2n) is 6.60. The molecule has 150 valence electrons. The van der Waals surface area contributed by atoms with Crippen LogP contribution >= 0.6 is 0 Å². The maximum atomic E-state index is 13.6. The van der Waals surface area contributed by atoms with E-state index in [1.54, 1.807) is 4.90 Å². The number of ether oxygens (including phenoxy) is 2. The topological polar surface area (TPSA) is 42.0 Å². The molecule has 0 saturated carbocycles. The molecule has 0 bridgehead atoms. The summed E-state index contributed by atoms with van der Waals surface area (Å²) in [6.45, 7) is 5.83. The van der Waals surface area contributed by atoms with Crippen LogP contribution in [0.1, 0.15) is 12.5 Å². The van der Waals surface area contributed by atoms with Gasteiger partial charge in [0.15, 0.2) is 18.2 Å². The number of rotatable bonds is 7. The lowest BCUT2D eigenvalue weighted by atomic mass is 10.2. The minimum atomic E-state index is -0.812. The summed E-state index contributed by atoms with van der Waals surface area (Å²) in [6, 6.07) is 11.0. The SMILES string of the molecule is CCOc1ccc(CN2CCN(C(=O)COc3ccc(F)cc3F)CC2)cc1. The second-order valence-corrected chi connectivity index (χ2v) is 6.60. The molecule has 0 unspecified atom stereocenters. The fraction of sp³-hybridized carbons (Fsp3) is 0.381. The van der Waals surface area contributed by atoms with Crippen molar-refractivity contribution >= 4 is 5.91 Å². The van der Waals surface area contributed by atoms with E-state index in [0.29, 0.717) is 19.7 Å². The standard InChI is InChI=1S/C21H24F2N2O3/c1-2-27-18-6-3-16(4-7-18)14-24-9-11-25(12-10-24)21(26)15-28-20-8-5-17(22)13-19(20)23/h3-8,13H,2,9-12,14-15H2,1H3. The molecule has 1 fully saturated rings. The van der Waals surface area contributed by atoms with Crippen LogP contribution in [0.25, 0.3) is 0 Å². The van der Waals surface area contributed by atoms with Crippen LogP contribution in [0.2, 0.25) is 0 Å². The van der Waals surface area contributed by atoms with Crippen LogP contribution < -0.4 is 9.47 Å². The van der Waals surface area contributed by atoms with E-state index in [1.165, 1.54) is 11.6 Å². The maximum Gasteiger partial charge on any atom is 0.260 e. The number of carbonyl (C=O) groups is 1. The van der Waals surface area contributed by atoms with E-state index in [4.69, 9.17) is 9.47 Å². The highest BCUT2D eigenvalue weighted by molar-refractivity contribution is 5.77. The molecule has 2 aromatic carbocycles. The summed E-state index contributed by atoms with van der Waals surface area (Å²) >= 11 is 0. The molecule has 3 rings (SSSR count). The van der Waals surface area contributed by atoms with Gasteiger partial charge in [0.25, 0.3) is 5.91 Å². The number of piperazine rings is 1. The quantitative estimate of drug-likeness (QED) is 0.729. The first-order chi connectivity index (χ1) is 13.5. The smallest absolute Gasteiger partial charge is 0.260 e. The lowest BCUT2D eigenvalue weighted by Gasteiger charge is -2.34. The predicted octanol–water partition coefficient (Wildman–Crippen LogP) is 3.09. The van der Waals surface area contributed by atoms with Crippen molar-refractivity contribution in [2.24, 2.45) is 0 Å². The largest absolute Gasteiger partial charge is 0.494 e. The third-order valence-corrected chi connectivity index (χ3v) is 4.61. The highest BCUT2D eigenvalue weighted by Crippen LogP contribution is 2.18. The van der Waals surface area contributed by atoms with Gasteiger partial charge in [0.2, 0.25) is 0 Å². The van der Waals surface area contributed by atoms with Crippen LogP contribution in [0.15, 0.2) is 42.5 Å². The van der Waals surface area contributed by atoms with Crippen LogP contribution in [-0.4, -0.2) is 55.1 Å². The van der Waals surface area contributed by atoms with E-state index in [-0.39, 0.29) is 18.3 Å². The molecule has 0 radical (unpaired) electrons. The number of nitrogens with zero attached hydrogens (tertiary/aromatic N) is 2. The molecule has 1 aliphatic heterocycles. The zero-order valence-electron chi connectivity index (χ0n) is 15.9. The van der Waals surface area contributed by atoms with Crippen molar-refractivity contribution in [3.8, 4) is 11.5 Å². The molecule has 0 N–H and O–H groups in total. The normalized spacial score (nSPS) is 14.8. The van der Waals surface area contributed by atoms with Gasteiger partial charge in [-0.25, -0.2) is 8.78 Å². The van der Waals surface area contributed by atoms with Crippen molar-refractivity contribution in [3.05, 3.63) is 59.7 Å². The minimum absolute atomic E-state index is 0.121. The van der Waals surface area contributed by atoms with Crippen LogP contribution in [0.4, 0.5) is 8.78 Å². The third kappa shape index (κ3) is 5.42. The van der Waals surface area contributed by atoms with Crippen LogP contribution in [0.5, 0.6) is 11.5 Å². The van der Waals surface area contributed by atoms with Gasteiger partial charge in [-0.3, -0.25) is 9.69 Å². The Hall–Kier alpha value is -2.67. The molecule has 1 amide bonds. The van der Waals surface area contributed by atoms with Crippen molar-refractivity contribution in [2.75, 3.05) is 39.4 Å². The van der Waals surface area contributed by atoms with Gasteiger partial charge in [0.05, 0.1) is 6.61 Å². The summed E-state index contributed by atoms with van der Waals surface area (Å²) in [5.74, 6) is -0.958. The summed E-state index contributed by atoms with van der Waals surface area (Å²) in [6.07, 6.45) is 0. The first kappa shape index (κ1) is 20.1. The second kappa shape index (κ2) is 9.50. The van der Waals surface area contributed by atoms with Gasteiger partial charge >= 0.3 is 0 Å². The lowest BCUT2D eigenvalue weighted by Crippen LogP contribution is -2.49. The van der Waals surface area contributed by atoms with Gasteiger partial charge in [-0.2, -0.15) is 0 Å². The van der Waals surface area contributed by atoms with Crippen LogP contribution in [0.3, 0.4) is 0 Å². The van der Waals surface area contributed by atoms with Gasteiger partial charge in [0, 0.05) is 38.8 Å². The van der Waals surface area contributed by atoms with E-state index in [1.807, 2.05) is 31.2 Å². The molecular formula is C21H24F2N2O3. The third-order valence-electron chi connectivity index (χ3n) is 4.61. The van der Waals surface area contributed by atoms with Gasteiger partial charge in [0.1, 0.15) is 11.6 Å². The molecule has 0 aliphatic carbocycles. The molecule has 1 aliphatic rings. The van der Waals surface area contributed by atoms with Crippen molar-refractivity contribution in [1.29, 1.82) is 0 Å². The Morgan fingerprint density at radius 1 is 1.00 bits per heavy atom. The molecule has 0 atom stereocenters. The van der Waals surface area contributed by atoms with Gasteiger partial charge in [-0.1, -0.05) is 12.1 Å². The number of benzene rings is 2. The van der Waals surface area contributed by atoms with Gasteiger partial charge in [-0.05, 0) is 36.8 Å². The first-order valence-electron chi connectivity index (χ1n) is 9.35. The molecular weight excluding hydrogens is 366 g/mol. The van der Waals surface area contributed by atoms with E-state index in [2.05, 4.69) is 4.90 Å². The summed E-state index contributed by atoms with van der Waals surface area (Å²) in [5.41, 5.74) is 1.19. The van der Waals surface area contributed by atoms with Crippen molar-refractivity contribution in [3.63, 3.8) is 0 Å². The number of carbonyl (C=O) groups excluding carboxylic acids is 1. The Morgan fingerprint density at radius 3 is 2.36 bits per heavy atom. The highest BCUT2D eigenvalue weighted by Gasteiger charge is 2.21. The number of halogens is 2. The van der Waals surface area contributed by atoms with Gasteiger partial charge in [-0.15, -0.1) is 0 Å². The molecule has 2 aromatic rings. The van der Waals surface area contributed by atoms with E-state index in [9.17, 15) is 13.6 Å². The maximum absolute atomic E-state index is 13.6. The number of amides is 1. The average Bonchev–Trinajstić information content (AvgIpc) is 2.69. The Labute approximate surface area is 163 Å². The number of hydrogen-bond acceptors (Lipinski definition) is 4. The van der Waals surface area contributed by atoms with Crippen molar-refractivity contribution < 1.29 is 23.0 Å². The Bertz CT molecular complexity index is 791. The first-order valence-corrected chi connectivity index (χ1v) is 9.35. The molecule has 7 heteroatoms. The fourth-order valence-electron chi connectivity index (χ4n) is 3.09. The molecule has 1 heterocycles. The summed E-state index contributed by atoms with van der Waals surface area (Å²) < 4.78 is 37.1. The van der Waals surface area contributed by atoms with E-state index >= 15 is 0 Å². The highest BCUT2D eigenvalue weighted by atomic mass is 19.1. The monoisotopic (exact) mass is 390 g/mol. The lowest BCUT2D eigenvalue weighted by molar-refractivity contribution is -0.135. The van der Waals surface area contributed by atoms with E-state index in [0.717, 1.165) is 37.5 Å². The Kier molecular flexibility index (Phi) is 6.81. The Balaban J connectivity index is 1.43.